The quantitative estimate of drug-likeness (QED) is 0.724. The van der Waals surface area contributed by atoms with Crippen LogP contribution in [-0.4, -0.2) is 5.91 Å². The molecule has 0 saturated carbocycles. The van der Waals surface area contributed by atoms with Crippen LogP contribution in [0.3, 0.4) is 0 Å². The van der Waals surface area contributed by atoms with E-state index in [0.29, 0.717) is 17.0 Å². The van der Waals surface area contributed by atoms with E-state index in [4.69, 9.17) is 40.1 Å². The Morgan fingerprint density at radius 3 is 2.32 bits per heavy atom. The summed E-state index contributed by atoms with van der Waals surface area (Å²) in [5.74, 6) is -0.467. The first-order valence-electron chi connectivity index (χ1n) is 5.17. The highest BCUT2D eigenvalue weighted by molar-refractivity contribution is 6.44. The maximum Gasteiger partial charge on any atom is 0.273 e. The number of benzene rings is 1. The van der Waals surface area contributed by atoms with Gasteiger partial charge in [-0.1, -0.05) is 41.4 Å². The van der Waals surface area contributed by atoms with Gasteiger partial charge in [-0.3, -0.25) is 9.69 Å². The van der Waals surface area contributed by atoms with Gasteiger partial charge in [0.25, 0.3) is 5.91 Å². The Morgan fingerprint density at radius 1 is 1.21 bits per heavy atom. The number of carbonyl (C=O) groups is 1. The molecule has 0 unspecified atom stereocenters. The summed E-state index contributed by atoms with van der Waals surface area (Å²) in [4.78, 5) is 13.4. The first-order chi connectivity index (χ1) is 8.88. The van der Waals surface area contributed by atoms with Gasteiger partial charge in [0.1, 0.15) is 11.6 Å². The predicted octanol–water partition coefficient (Wildman–Crippen LogP) is 4.35. The number of nitrogens with zero attached hydrogens (tertiary/aromatic N) is 2. The van der Waals surface area contributed by atoms with Gasteiger partial charge in [0.2, 0.25) is 0 Å². The van der Waals surface area contributed by atoms with Gasteiger partial charge < -0.3 is 0 Å². The SMILES string of the molecule is C=C1C(C)=C(C#N)C(=O)N1c1cc(Cl)c(Cl)cc1Cl. The van der Waals surface area contributed by atoms with Crippen LogP contribution < -0.4 is 4.90 Å². The van der Waals surface area contributed by atoms with E-state index in [-0.39, 0.29) is 20.6 Å². The van der Waals surface area contributed by atoms with Crippen LogP contribution in [0, 0.1) is 11.3 Å². The van der Waals surface area contributed by atoms with Gasteiger partial charge in [-0.05, 0) is 24.6 Å². The highest BCUT2D eigenvalue weighted by atomic mass is 35.5. The molecule has 2 rings (SSSR count). The van der Waals surface area contributed by atoms with Gasteiger partial charge in [-0.2, -0.15) is 5.26 Å². The zero-order valence-corrected chi connectivity index (χ0v) is 12.1. The van der Waals surface area contributed by atoms with Crippen molar-refractivity contribution in [2.24, 2.45) is 0 Å². The maximum atomic E-state index is 12.2. The standard InChI is InChI=1S/C13H7Cl3N2O/c1-6-7(2)18(13(19)8(6)5-17)12-4-10(15)9(14)3-11(12)16/h3-4H,2H2,1H3. The van der Waals surface area contributed by atoms with Crippen molar-refractivity contribution in [1.29, 1.82) is 5.26 Å². The molecular formula is C13H7Cl3N2O. The Morgan fingerprint density at radius 2 is 1.79 bits per heavy atom. The summed E-state index contributed by atoms with van der Waals surface area (Å²) in [6.45, 7) is 5.45. The highest BCUT2D eigenvalue weighted by Gasteiger charge is 2.34. The first kappa shape index (κ1) is 14.0. The fraction of sp³-hybridized carbons (Fsp3) is 0.0769. The third-order valence-corrected chi connectivity index (χ3v) is 3.86. The lowest BCUT2D eigenvalue weighted by atomic mass is 10.2. The molecule has 0 atom stereocenters. The third kappa shape index (κ3) is 2.12. The Bertz CT molecular complexity index is 686. The molecule has 1 aliphatic rings. The fourth-order valence-electron chi connectivity index (χ4n) is 1.78. The maximum absolute atomic E-state index is 12.2. The summed E-state index contributed by atoms with van der Waals surface area (Å²) in [6, 6.07) is 4.79. The fourth-order valence-corrected chi connectivity index (χ4v) is 2.40. The molecule has 0 saturated heterocycles. The van der Waals surface area contributed by atoms with Crippen molar-refractivity contribution < 1.29 is 4.79 Å². The molecule has 3 nitrogen and oxygen atoms in total. The molecule has 1 aromatic carbocycles. The van der Waals surface area contributed by atoms with Gasteiger partial charge in [-0.25, -0.2) is 0 Å². The summed E-state index contributed by atoms with van der Waals surface area (Å²) in [7, 11) is 0. The van der Waals surface area contributed by atoms with Gasteiger partial charge in [0.15, 0.2) is 0 Å². The van der Waals surface area contributed by atoms with Gasteiger partial charge >= 0.3 is 0 Å². The van der Waals surface area contributed by atoms with Crippen LogP contribution in [0.25, 0.3) is 0 Å². The summed E-state index contributed by atoms with van der Waals surface area (Å²) in [6.07, 6.45) is 0. The van der Waals surface area contributed by atoms with Crippen molar-refractivity contribution in [2.75, 3.05) is 4.90 Å². The minimum atomic E-state index is -0.467. The van der Waals surface area contributed by atoms with Crippen molar-refractivity contribution >= 4 is 46.4 Å². The largest absolute Gasteiger partial charge is 0.275 e. The molecule has 0 bridgehead atoms. The highest BCUT2D eigenvalue weighted by Crippen LogP contribution is 2.40. The molecule has 0 N–H and O–H groups in total. The number of allylic oxidation sites excluding steroid dienone is 1. The number of halogens is 3. The Kier molecular flexibility index (Phi) is 3.60. The van der Waals surface area contributed by atoms with E-state index in [2.05, 4.69) is 6.58 Å². The second kappa shape index (κ2) is 4.90. The normalized spacial score (nSPS) is 15.2. The molecule has 0 aromatic heterocycles. The summed E-state index contributed by atoms with van der Waals surface area (Å²) in [5.41, 5.74) is 1.33. The lowest BCUT2D eigenvalue weighted by molar-refractivity contribution is -0.113. The van der Waals surface area contributed by atoms with E-state index in [1.165, 1.54) is 17.0 Å². The molecule has 1 aromatic rings. The lowest BCUT2D eigenvalue weighted by Gasteiger charge is -2.20. The van der Waals surface area contributed by atoms with Crippen LogP contribution in [0.5, 0.6) is 0 Å². The van der Waals surface area contributed by atoms with E-state index in [0.717, 1.165) is 0 Å². The smallest absolute Gasteiger partial charge is 0.273 e. The molecule has 19 heavy (non-hydrogen) atoms. The molecule has 0 radical (unpaired) electrons. The molecule has 0 spiro atoms. The average Bonchev–Trinajstić information content (AvgIpc) is 2.56. The number of carbonyl (C=O) groups excluding carboxylic acids is 1. The summed E-state index contributed by atoms with van der Waals surface area (Å²) >= 11 is 17.8. The number of hydrogen-bond acceptors (Lipinski definition) is 2. The zero-order valence-electron chi connectivity index (χ0n) is 9.80. The monoisotopic (exact) mass is 312 g/mol. The van der Waals surface area contributed by atoms with E-state index < -0.39 is 5.91 Å². The summed E-state index contributed by atoms with van der Waals surface area (Å²) in [5, 5.41) is 9.80. The molecule has 0 fully saturated rings. The minimum Gasteiger partial charge on any atom is -0.275 e. The number of anilines is 1. The minimum absolute atomic E-state index is 0.0483. The van der Waals surface area contributed by atoms with E-state index in [1.54, 1.807) is 6.92 Å². The van der Waals surface area contributed by atoms with Crippen molar-refractivity contribution in [3.63, 3.8) is 0 Å². The van der Waals surface area contributed by atoms with Crippen LogP contribution in [0.15, 0.2) is 35.6 Å². The van der Waals surface area contributed by atoms with Crippen molar-refractivity contribution in [1.82, 2.24) is 0 Å². The van der Waals surface area contributed by atoms with Gasteiger partial charge in [0, 0.05) is 5.70 Å². The molecular weight excluding hydrogens is 307 g/mol. The van der Waals surface area contributed by atoms with Crippen LogP contribution in [0.4, 0.5) is 5.69 Å². The molecule has 1 amide bonds. The van der Waals surface area contributed by atoms with E-state index in [9.17, 15) is 4.79 Å². The molecule has 1 aliphatic heterocycles. The molecule has 96 valence electrons. The van der Waals surface area contributed by atoms with Crippen molar-refractivity contribution in [3.8, 4) is 6.07 Å². The Hall–Kier alpha value is -1.47. The predicted molar refractivity (Wildman–Crippen MR) is 76.4 cm³/mol. The Labute approximate surface area is 125 Å². The molecule has 0 aliphatic carbocycles. The van der Waals surface area contributed by atoms with E-state index in [1.807, 2.05) is 6.07 Å². The molecule has 6 heteroatoms. The third-order valence-electron chi connectivity index (χ3n) is 2.84. The van der Waals surface area contributed by atoms with Crippen molar-refractivity contribution in [3.05, 3.63) is 50.6 Å². The topological polar surface area (TPSA) is 44.1 Å². The van der Waals surface area contributed by atoms with Crippen molar-refractivity contribution in [2.45, 2.75) is 6.92 Å². The number of hydrogen-bond donors (Lipinski definition) is 0. The number of rotatable bonds is 1. The average molecular weight is 314 g/mol. The van der Waals surface area contributed by atoms with Gasteiger partial charge in [-0.15, -0.1) is 0 Å². The van der Waals surface area contributed by atoms with Gasteiger partial charge in [0.05, 0.1) is 20.8 Å². The Balaban J connectivity index is 2.58. The number of amides is 1. The van der Waals surface area contributed by atoms with Crippen LogP contribution in [-0.2, 0) is 4.79 Å². The zero-order chi connectivity index (χ0) is 14.3. The second-order valence-electron chi connectivity index (χ2n) is 3.92. The summed E-state index contributed by atoms with van der Waals surface area (Å²) < 4.78 is 0. The van der Waals surface area contributed by atoms with E-state index >= 15 is 0 Å². The lowest BCUT2D eigenvalue weighted by Crippen LogP contribution is -2.25. The second-order valence-corrected chi connectivity index (χ2v) is 5.14. The molecule has 1 heterocycles. The van der Waals surface area contributed by atoms with Crippen LogP contribution in [0.1, 0.15) is 6.92 Å². The van der Waals surface area contributed by atoms with Crippen LogP contribution in [0.2, 0.25) is 15.1 Å². The van der Waals surface area contributed by atoms with Crippen LogP contribution >= 0.6 is 34.8 Å². The number of nitriles is 1. The first-order valence-corrected chi connectivity index (χ1v) is 6.31.